The predicted molar refractivity (Wildman–Crippen MR) is 99.5 cm³/mol. The molecule has 0 saturated carbocycles. The largest absolute Gasteiger partial charge is 0.348 e. The molecule has 5 heteroatoms. The van der Waals surface area contributed by atoms with Gasteiger partial charge in [0.15, 0.2) is 0 Å². The molecular weight excluding hydrogens is 326 g/mol. The maximum Gasteiger partial charge on any atom is 0.251 e. The first-order valence-electron chi connectivity index (χ1n) is 8.31. The number of rotatable bonds is 6. The van der Waals surface area contributed by atoms with E-state index < -0.39 is 0 Å². The van der Waals surface area contributed by atoms with E-state index >= 15 is 0 Å². The third-order valence-electron chi connectivity index (χ3n) is 3.91. The Morgan fingerprint density at radius 2 is 1.12 bits per heavy atom. The summed E-state index contributed by atoms with van der Waals surface area (Å²) in [4.78, 5) is 28.3. The molecule has 0 radical (unpaired) electrons. The molecule has 3 aromatic rings. The first-order chi connectivity index (χ1) is 12.7. The van der Waals surface area contributed by atoms with E-state index in [0.29, 0.717) is 24.2 Å². The van der Waals surface area contributed by atoms with E-state index in [1.54, 1.807) is 36.7 Å². The molecule has 0 saturated heterocycles. The molecule has 0 fully saturated rings. The van der Waals surface area contributed by atoms with Gasteiger partial charge in [-0.1, -0.05) is 30.3 Å². The van der Waals surface area contributed by atoms with Crippen LogP contribution in [-0.4, -0.2) is 16.8 Å². The molecule has 2 aromatic carbocycles. The van der Waals surface area contributed by atoms with Crippen LogP contribution in [0.5, 0.6) is 0 Å². The van der Waals surface area contributed by atoms with Crippen LogP contribution in [0.3, 0.4) is 0 Å². The molecule has 0 atom stereocenters. The van der Waals surface area contributed by atoms with Crippen LogP contribution in [0.15, 0.2) is 79.1 Å². The van der Waals surface area contributed by atoms with E-state index in [1.807, 2.05) is 42.5 Å². The minimum atomic E-state index is -0.182. The normalized spacial score (nSPS) is 10.2. The van der Waals surface area contributed by atoms with Crippen LogP contribution in [0.4, 0.5) is 0 Å². The molecular formula is C21H19N3O2. The Labute approximate surface area is 152 Å². The van der Waals surface area contributed by atoms with Crippen molar-refractivity contribution in [2.75, 3.05) is 0 Å². The van der Waals surface area contributed by atoms with Gasteiger partial charge in [-0.15, -0.1) is 0 Å². The summed E-state index contributed by atoms with van der Waals surface area (Å²) in [7, 11) is 0. The Bertz CT molecular complexity index is 788. The number of carbonyl (C=O) groups excluding carboxylic acids is 2. The smallest absolute Gasteiger partial charge is 0.251 e. The molecule has 3 rings (SSSR count). The molecule has 26 heavy (non-hydrogen) atoms. The molecule has 130 valence electrons. The lowest BCUT2D eigenvalue weighted by molar-refractivity contribution is 0.0939. The fourth-order valence-electron chi connectivity index (χ4n) is 2.44. The lowest BCUT2D eigenvalue weighted by atomic mass is 10.1. The second kappa shape index (κ2) is 8.58. The SMILES string of the molecule is O=C(NCc1ccccc1)c1ccc(C(=O)NCc2ccncc2)cc1. The molecule has 5 nitrogen and oxygen atoms in total. The van der Waals surface area contributed by atoms with Crippen molar-refractivity contribution in [1.29, 1.82) is 0 Å². The number of benzene rings is 2. The first kappa shape index (κ1) is 17.4. The van der Waals surface area contributed by atoms with Gasteiger partial charge in [-0.3, -0.25) is 14.6 Å². The zero-order valence-electron chi connectivity index (χ0n) is 14.2. The highest BCUT2D eigenvalue weighted by atomic mass is 16.2. The van der Waals surface area contributed by atoms with Crippen molar-refractivity contribution in [3.63, 3.8) is 0 Å². The summed E-state index contributed by atoms with van der Waals surface area (Å²) in [6.45, 7) is 0.897. The van der Waals surface area contributed by atoms with Crippen LogP contribution < -0.4 is 10.6 Å². The van der Waals surface area contributed by atoms with Gasteiger partial charge in [-0.25, -0.2) is 0 Å². The van der Waals surface area contributed by atoms with E-state index in [1.165, 1.54) is 0 Å². The monoisotopic (exact) mass is 345 g/mol. The molecule has 2 N–H and O–H groups in total. The van der Waals surface area contributed by atoms with Crippen molar-refractivity contribution < 1.29 is 9.59 Å². The van der Waals surface area contributed by atoms with Crippen LogP contribution in [0.1, 0.15) is 31.8 Å². The number of amides is 2. The number of hydrogen-bond donors (Lipinski definition) is 2. The topological polar surface area (TPSA) is 71.1 Å². The van der Waals surface area contributed by atoms with Crippen molar-refractivity contribution >= 4 is 11.8 Å². The third-order valence-corrected chi connectivity index (χ3v) is 3.91. The fraction of sp³-hybridized carbons (Fsp3) is 0.0952. The van der Waals surface area contributed by atoms with Crippen molar-refractivity contribution in [1.82, 2.24) is 15.6 Å². The number of aromatic nitrogens is 1. The number of nitrogens with zero attached hydrogens (tertiary/aromatic N) is 1. The van der Waals surface area contributed by atoms with E-state index in [4.69, 9.17) is 0 Å². The van der Waals surface area contributed by atoms with Gasteiger partial charge in [-0.2, -0.15) is 0 Å². The lowest BCUT2D eigenvalue weighted by Crippen LogP contribution is -2.24. The Kier molecular flexibility index (Phi) is 5.72. The van der Waals surface area contributed by atoms with Crippen LogP contribution in [-0.2, 0) is 13.1 Å². The number of pyridine rings is 1. The minimum Gasteiger partial charge on any atom is -0.348 e. The highest BCUT2D eigenvalue weighted by Gasteiger charge is 2.09. The van der Waals surface area contributed by atoms with Gasteiger partial charge >= 0.3 is 0 Å². The van der Waals surface area contributed by atoms with Gasteiger partial charge in [0.2, 0.25) is 0 Å². The van der Waals surface area contributed by atoms with Crippen molar-refractivity contribution in [2.45, 2.75) is 13.1 Å². The van der Waals surface area contributed by atoms with Crippen LogP contribution in [0, 0.1) is 0 Å². The van der Waals surface area contributed by atoms with E-state index in [2.05, 4.69) is 15.6 Å². The molecule has 0 spiro atoms. The Morgan fingerprint density at radius 1 is 0.654 bits per heavy atom. The van der Waals surface area contributed by atoms with Gasteiger partial charge in [-0.05, 0) is 47.5 Å². The zero-order chi connectivity index (χ0) is 18.2. The molecule has 1 heterocycles. The molecule has 0 aliphatic carbocycles. The molecule has 0 unspecified atom stereocenters. The van der Waals surface area contributed by atoms with Crippen LogP contribution in [0.25, 0.3) is 0 Å². The van der Waals surface area contributed by atoms with Crippen LogP contribution in [0.2, 0.25) is 0 Å². The summed E-state index contributed by atoms with van der Waals surface area (Å²) in [6, 6.07) is 20.0. The average molecular weight is 345 g/mol. The predicted octanol–water partition coefficient (Wildman–Crippen LogP) is 2.94. The highest BCUT2D eigenvalue weighted by molar-refractivity contribution is 5.97. The molecule has 0 aliphatic rings. The second-order valence-electron chi connectivity index (χ2n) is 5.78. The van der Waals surface area contributed by atoms with E-state index in [-0.39, 0.29) is 11.8 Å². The van der Waals surface area contributed by atoms with E-state index in [9.17, 15) is 9.59 Å². The highest BCUT2D eigenvalue weighted by Crippen LogP contribution is 2.06. The zero-order valence-corrected chi connectivity index (χ0v) is 14.2. The summed E-state index contributed by atoms with van der Waals surface area (Å²) in [6.07, 6.45) is 3.37. The number of carbonyl (C=O) groups is 2. The Hall–Kier alpha value is -3.47. The van der Waals surface area contributed by atoms with Crippen molar-refractivity contribution in [2.24, 2.45) is 0 Å². The number of hydrogen-bond acceptors (Lipinski definition) is 3. The van der Waals surface area contributed by atoms with E-state index in [0.717, 1.165) is 11.1 Å². The third kappa shape index (κ3) is 4.77. The van der Waals surface area contributed by atoms with Gasteiger partial charge in [0.1, 0.15) is 0 Å². The molecule has 0 aliphatic heterocycles. The van der Waals surface area contributed by atoms with Crippen LogP contribution >= 0.6 is 0 Å². The average Bonchev–Trinajstić information content (AvgIpc) is 2.72. The summed E-state index contributed by atoms with van der Waals surface area (Å²) in [5, 5.41) is 5.71. The molecule has 0 bridgehead atoms. The second-order valence-corrected chi connectivity index (χ2v) is 5.78. The van der Waals surface area contributed by atoms with Gasteiger partial charge in [0, 0.05) is 36.6 Å². The summed E-state index contributed by atoms with van der Waals surface area (Å²) in [5.41, 5.74) is 3.04. The van der Waals surface area contributed by atoms with Gasteiger partial charge in [0.25, 0.3) is 11.8 Å². The first-order valence-corrected chi connectivity index (χ1v) is 8.31. The fourth-order valence-corrected chi connectivity index (χ4v) is 2.44. The summed E-state index contributed by atoms with van der Waals surface area (Å²) in [5.74, 6) is -0.351. The maximum atomic E-state index is 12.2. The molecule has 1 aromatic heterocycles. The van der Waals surface area contributed by atoms with Crippen molar-refractivity contribution in [3.8, 4) is 0 Å². The molecule has 2 amide bonds. The minimum absolute atomic E-state index is 0.169. The Balaban J connectivity index is 1.53. The van der Waals surface area contributed by atoms with Crippen molar-refractivity contribution in [3.05, 3.63) is 101 Å². The quantitative estimate of drug-likeness (QED) is 0.721. The summed E-state index contributed by atoms with van der Waals surface area (Å²) < 4.78 is 0. The van der Waals surface area contributed by atoms with Gasteiger partial charge < -0.3 is 10.6 Å². The van der Waals surface area contributed by atoms with Gasteiger partial charge in [0.05, 0.1) is 0 Å². The maximum absolute atomic E-state index is 12.2. The Morgan fingerprint density at radius 3 is 1.62 bits per heavy atom. The lowest BCUT2D eigenvalue weighted by Gasteiger charge is -2.07. The summed E-state index contributed by atoms with van der Waals surface area (Å²) >= 11 is 0. The standard InChI is InChI=1S/C21H19N3O2/c25-20(23-14-16-4-2-1-3-5-16)18-6-8-19(9-7-18)21(26)24-15-17-10-12-22-13-11-17/h1-13H,14-15H2,(H,23,25)(H,24,26). The number of nitrogens with one attached hydrogen (secondary N) is 2.